The van der Waals surface area contributed by atoms with E-state index in [2.05, 4.69) is 9.97 Å². The van der Waals surface area contributed by atoms with Gasteiger partial charge in [-0.2, -0.15) is 0 Å². The summed E-state index contributed by atoms with van der Waals surface area (Å²) in [4.78, 5) is 34.4. The van der Waals surface area contributed by atoms with Gasteiger partial charge in [-0.15, -0.1) is 0 Å². The maximum Gasteiger partial charge on any atom is 0.338 e. The summed E-state index contributed by atoms with van der Waals surface area (Å²) in [5.41, 5.74) is 2.65. The van der Waals surface area contributed by atoms with Crippen molar-refractivity contribution < 1.29 is 14.3 Å². The van der Waals surface area contributed by atoms with Gasteiger partial charge in [0.2, 0.25) is 0 Å². The van der Waals surface area contributed by atoms with Crippen molar-refractivity contribution in [3.63, 3.8) is 0 Å². The Kier molecular flexibility index (Phi) is 5.22. The lowest BCUT2D eigenvalue weighted by Gasteiger charge is -2.25. The molecule has 0 spiro atoms. The third kappa shape index (κ3) is 3.85. The van der Waals surface area contributed by atoms with Crippen LogP contribution in [0.1, 0.15) is 28.9 Å². The molecule has 0 aliphatic heterocycles. The monoisotopic (exact) mass is 349 g/mol. The van der Waals surface area contributed by atoms with E-state index in [9.17, 15) is 9.59 Å². The topological polar surface area (TPSA) is 72.4 Å². The lowest BCUT2D eigenvalue weighted by atomic mass is 10.1. The third-order valence-electron chi connectivity index (χ3n) is 4.29. The zero-order chi connectivity index (χ0) is 18.5. The maximum absolute atomic E-state index is 12.3. The summed E-state index contributed by atoms with van der Waals surface area (Å²) in [6.07, 6.45) is 3.14. The number of likely N-dealkylation sites (N-methyl/N-ethyl adjacent to an activating group) is 1. The van der Waals surface area contributed by atoms with Gasteiger partial charge in [0, 0.05) is 19.4 Å². The van der Waals surface area contributed by atoms with E-state index in [1.807, 2.05) is 37.3 Å². The SMILES string of the molecule is C[C@H](c1ccccc1)N(C)C(=O)COC(=O)c1ccc2nccnc2c1. The van der Waals surface area contributed by atoms with Crippen molar-refractivity contribution in [2.45, 2.75) is 13.0 Å². The summed E-state index contributed by atoms with van der Waals surface area (Å²) in [6.45, 7) is 1.61. The Labute approximate surface area is 151 Å². The van der Waals surface area contributed by atoms with Crippen LogP contribution in [0.3, 0.4) is 0 Å². The first-order chi connectivity index (χ1) is 12.6. The number of fused-ring (bicyclic) bond motifs is 1. The zero-order valence-corrected chi connectivity index (χ0v) is 14.6. The van der Waals surface area contributed by atoms with Gasteiger partial charge in [-0.25, -0.2) is 4.79 Å². The highest BCUT2D eigenvalue weighted by Crippen LogP contribution is 2.18. The second-order valence-corrected chi connectivity index (χ2v) is 5.93. The molecule has 3 rings (SSSR count). The highest BCUT2D eigenvalue weighted by Gasteiger charge is 2.19. The van der Waals surface area contributed by atoms with E-state index in [-0.39, 0.29) is 18.6 Å². The molecule has 0 radical (unpaired) electrons. The molecule has 0 unspecified atom stereocenters. The fourth-order valence-electron chi connectivity index (χ4n) is 2.57. The predicted molar refractivity (Wildman–Crippen MR) is 97.4 cm³/mol. The van der Waals surface area contributed by atoms with Gasteiger partial charge in [0.1, 0.15) is 0 Å². The number of nitrogens with zero attached hydrogens (tertiary/aromatic N) is 3. The first kappa shape index (κ1) is 17.5. The van der Waals surface area contributed by atoms with Crippen LogP contribution in [0.15, 0.2) is 60.9 Å². The van der Waals surface area contributed by atoms with E-state index in [1.165, 1.54) is 0 Å². The summed E-state index contributed by atoms with van der Waals surface area (Å²) in [5, 5.41) is 0. The van der Waals surface area contributed by atoms with Crippen molar-refractivity contribution in [3.8, 4) is 0 Å². The average molecular weight is 349 g/mol. The molecule has 0 aliphatic rings. The maximum atomic E-state index is 12.3. The Morgan fingerprint density at radius 1 is 1.04 bits per heavy atom. The number of esters is 1. The van der Waals surface area contributed by atoms with E-state index >= 15 is 0 Å². The molecule has 3 aromatic rings. The Morgan fingerprint density at radius 2 is 1.73 bits per heavy atom. The zero-order valence-electron chi connectivity index (χ0n) is 14.6. The van der Waals surface area contributed by atoms with Crippen molar-refractivity contribution in [2.24, 2.45) is 0 Å². The standard InChI is InChI=1S/C20H19N3O3/c1-14(15-6-4-3-5-7-15)23(2)19(24)13-26-20(25)16-8-9-17-18(12-16)22-11-10-21-17/h3-12,14H,13H2,1-2H3/t14-/m1/s1. The highest BCUT2D eigenvalue weighted by atomic mass is 16.5. The van der Waals surface area contributed by atoms with Crippen LogP contribution in [0.2, 0.25) is 0 Å². The number of carbonyl (C=O) groups excluding carboxylic acids is 2. The van der Waals surface area contributed by atoms with E-state index < -0.39 is 5.97 Å². The van der Waals surface area contributed by atoms with E-state index in [4.69, 9.17) is 4.74 Å². The van der Waals surface area contributed by atoms with Crippen molar-refractivity contribution in [2.75, 3.05) is 13.7 Å². The van der Waals surface area contributed by atoms with Crippen molar-refractivity contribution in [3.05, 3.63) is 72.1 Å². The fraction of sp³-hybridized carbons (Fsp3) is 0.200. The summed E-state index contributed by atoms with van der Waals surface area (Å²) >= 11 is 0. The van der Waals surface area contributed by atoms with Gasteiger partial charge < -0.3 is 9.64 Å². The number of rotatable bonds is 5. The summed E-state index contributed by atoms with van der Waals surface area (Å²) in [7, 11) is 1.69. The molecular weight excluding hydrogens is 330 g/mol. The van der Waals surface area contributed by atoms with E-state index in [0.717, 1.165) is 5.56 Å². The van der Waals surface area contributed by atoms with Crippen LogP contribution in [-0.2, 0) is 9.53 Å². The molecule has 1 heterocycles. The fourth-order valence-corrected chi connectivity index (χ4v) is 2.57. The minimum absolute atomic E-state index is 0.113. The third-order valence-corrected chi connectivity index (χ3v) is 4.29. The van der Waals surface area contributed by atoms with Gasteiger partial charge in [-0.3, -0.25) is 14.8 Å². The minimum atomic E-state index is -0.563. The molecule has 6 heteroatoms. The minimum Gasteiger partial charge on any atom is -0.452 e. The van der Waals surface area contributed by atoms with Crippen LogP contribution in [0, 0.1) is 0 Å². The van der Waals surface area contributed by atoms with Gasteiger partial charge in [-0.05, 0) is 30.7 Å². The van der Waals surface area contributed by atoms with Crippen LogP contribution in [0.4, 0.5) is 0 Å². The predicted octanol–water partition coefficient (Wildman–Crippen LogP) is 3.01. The molecule has 6 nitrogen and oxygen atoms in total. The number of amides is 1. The molecule has 0 N–H and O–H groups in total. The average Bonchev–Trinajstić information content (AvgIpc) is 2.70. The molecule has 132 valence electrons. The lowest BCUT2D eigenvalue weighted by Crippen LogP contribution is -2.33. The number of hydrogen-bond donors (Lipinski definition) is 0. The number of benzene rings is 2. The van der Waals surface area contributed by atoms with Crippen LogP contribution in [-0.4, -0.2) is 40.4 Å². The number of carbonyl (C=O) groups is 2. The Morgan fingerprint density at radius 3 is 2.46 bits per heavy atom. The summed E-state index contributed by atoms with van der Waals surface area (Å²) < 4.78 is 5.17. The van der Waals surface area contributed by atoms with E-state index in [1.54, 1.807) is 42.5 Å². The van der Waals surface area contributed by atoms with Crippen LogP contribution in [0.25, 0.3) is 11.0 Å². The first-order valence-corrected chi connectivity index (χ1v) is 8.25. The Bertz CT molecular complexity index is 928. The van der Waals surface area contributed by atoms with Crippen LogP contribution < -0.4 is 0 Å². The van der Waals surface area contributed by atoms with Crippen LogP contribution >= 0.6 is 0 Å². The first-order valence-electron chi connectivity index (χ1n) is 8.25. The molecule has 2 aromatic carbocycles. The second kappa shape index (κ2) is 7.74. The number of ether oxygens (including phenoxy) is 1. The molecule has 1 aromatic heterocycles. The van der Waals surface area contributed by atoms with Crippen LogP contribution in [0.5, 0.6) is 0 Å². The molecule has 0 bridgehead atoms. The largest absolute Gasteiger partial charge is 0.452 e. The van der Waals surface area contributed by atoms with E-state index in [0.29, 0.717) is 16.6 Å². The molecule has 0 fully saturated rings. The van der Waals surface area contributed by atoms with Crippen molar-refractivity contribution in [1.29, 1.82) is 0 Å². The van der Waals surface area contributed by atoms with Gasteiger partial charge in [0.15, 0.2) is 6.61 Å². The molecule has 0 saturated heterocycles. The molecule has 0 aliphatic carbocycles. The smallest absolute Gasteiger partial charge is 0.338 e. The van der Waals surface area contributed by atoms with Gasteiger partial charge in [0.05, 0.1) is 22.6 Å². The molecular formula is C20H19N3O3. The Balaban J connectivity index is 1.61. The summed E-state index contributed by atoms with van der Waals surface area (Å²) in [5.74, 6) is -0.832. The van der Waals surface area contributed by atoms with Gasteiger partial charge in [0.25, 0.3) is 5.91 Å². The summed E-state index contributed by atoms with van der Waals surface area (Å²) in [6, 6.07) is 14.5. The molecule has 26 heavy (non-hydrogen) atoms. The van der Waals surface area contributed by atoms with Gasteiger partial charge >= 0.3 is 5.97 Å². The molecule has 0 saturated carbocycles. The van der Waals surface area contributed by atoms with Gasteiger partial charge in [-0.1, -0.05) is 30.3 Å². The molecule has 1 amide bonds. The number of aromatic nitrogens is 2. The highest BCUT2D eigenvalue weighted by molar-refractivity contribution is 5.94. The van der Waals surface area contributed by atoms with Crippen molar-refractivity contribution in [1.82, 2.24) is 14.9 Å². The second-order valence-electron chi connectivity index (χ2n) is 5.93. The van der Waals surface area contributed by atoms with Crippen molar-refractivity contribution >= 4 is 22.9 Å². The number of hydrogen-bond acceptors (Lipinski definition) is 5. The quantitative estimate of drug-likeness (QED) is 0.662. The Hall–Kier alpha value is -3.28. The lowest BCUT2D eigenvalue weighted by molar-refractivity contribution is -0.135. The normalized spacial score (nSPS) is 11.8. The molecule has 1 atom stereocenters.